The molecule has 1 aliphatic heterocycles. The van der Waals surface area contributed by atoms with Gasteiger partial charge in [-0.1, -0.05) is 12.8 Å². The van der Waals surface area contributed by atoms with Crippen LogP contribution in [0.4, 0.5) is 0 Å². The third-order valence-electron chi connectivity index (χ3n) is 5.91. The number of halogens is 1. The summed E-state index contributed by atoms with van der Waals surface area (Å²) in [5.74, 6) is 0.187. The van der Waals surface area contributed by atoms with Gasteiger partial charge in [0, 0.05) is 24.2 Å². The van der Waals surface area contributed by atoms with Gasteiger partial charge in [-0.15, -0.1) is 12.4 Å². The highest BCUT2D eigenvalue weighted by atomic mass is 35.5. The standard InChI is InChI=1S/C16H24N4O.ClH/c17-16(6-1-2-7-16)14(21)20-9-3-5-15(11-20)8-4-12-10-18-19-13(12)15;/h10H,1-9,11,17H2,(H,18,19);1H. The molecule has 1 aromatic heterocycles. The minimum absolute atomic E-state index is 0. The highest BCUT2D eigenvalue weighted by Crippen LogP contribution is 2.44. The molecule has 6 heteroatoms. The van der Waals surface area contributed by atoms with Gasteiger partial charge in [-0.05, 0) is 44.1 Å². The molecule has 22 heavy (non-hydrogen) atoms. The van der Waals surface area contributed by atoms with Crippen LogP contribution in [0.15, 0.2) is 6.20 Å². The Labute approximate surface area is 137 Å². The zero-order valence-corrected chi connectivity index (χ0v) is 13.8. The Morgan fingerprint density at radius 2 is 2.00 bits per heavy atom. The molecule has 3 aliphatic rings. The van der Waals surface area contributed by atoms with Crippen molar-refractivity contribution >= 4 is 18.3 Å². The van der Waals surface area contributed by atoms with E-state index in [4.69, 9.17) is 5.73 Å². The van der Waals surface area contributed by atoms with Crippen molar-refractivity contribution in [1.82, 2.24) is 15.1 Å². The quantitative estimate of drug-likeness (QED) is 0.828. The minimum Gasteiger partial charge on any atom is -0.340 e. The molecule has 3 N–H and O–H groups in total. The molecule has 0 radical (unpaired) electrons. The van der Waals surface area contributed by atoms with E-state index in [1.807, 2.05) is 11.1 Å². The number of aryl methyl sites for hydroxylation is 1. The number of fused-ring (bicyclic) bond motifs is 2. The largest absolute Gasteiger partial charge is 0.340 e. The number of aromatic amines is 1. The second kappa shape index (κ2) is 5.53. The van der Waals surface area contributed by atoms with E-state index in [9.17, 15) is 4.79 Å². The smallest absolute Gasteiger partial charge is 0.242 e. The van der Waals surface area contributed by atoms with Gasteiger partial charge in [-0.25, -0.2) is 0 Å². The number of aromatic nitrogens is 2. The lowest BCUT2D eigenvalue weighted by Gasteiger charge is -2.43. The predicted molar refractivity (Wildman–Crippen MR) is 87.0 cm³/mol. The summed E-state index contributed by atoms with van der Waals surface area (Å²) in [6.07, 6.45) is 10.3. The molecule has 1 amide bonds. The van der Waals surface area contributed by atoms with Crippen LogP contribution >= 0.6 is 12.4 Å². The van der Waals surface area contributed by atoms with Crippen molar-refractivity contribution in [2.75, 3.05) is 13.1 Å². The van der Waals surface area contributed by atoms with Gasteiger partial charge in [0.05, 0.1) is 11.7 Å². The molecule has 4 rings (SSSR count). The first-order valence-electron chi connectivity index (χ1n) is 8.24. The summed E-state index contributed by atoms with van der Waals surface area (Å²) >= 11 is 0. The van der Waals surface area contributed by atoms with Crippen molar-refractivity contribution in [3.8, 4) is 0 Å². The fourth-order valence-electron chi connectivity index (χ4n) is 4.71. The van der Waals surface area contributed by atoms with Crippen LogP contribution in [0, 0.1) is 0 Å². The molecular weight excluding hydrogens is 300 g/mol. The van der Waals surface area contributed by atoms with Crippen molar-refractivity contribution in [3.63, 3.8) is 0 Å². The van der Waals surface area contributed by atoms with E-state index in [0.717, 1.165) is 64.5 Å². The number of carbonyl (C=O) groups excluding carboxylic acids is 1. The van der Waals surface area contributed by atoms with Gasteiger partial charge in [-0.3, -0.25) is 9.89 Å². The lowest BCUT2D eigenvalue weighted by atomic mass is 9.77. The summed E-state index contributed by atoms with van der Waals surface area (Å²) in [7, 11) is 0. The van der Waals surface area contributed by atoms with Crippen molar-refractivity contribution < 1.29 is 4.79 Å². The maximum atomic E-state index is 12.9. The SMILES string of the molecule is Cl.NC1(C(=O)N2CCCC3(CCc4cn[nH]c43)C2)CCCC1. The zero-order valence-electron chi connectivity index (χ0n) is 12.9. The van der Waals surface area contributed by atoms with Crippen LogP contribution in [-0.4, -0.2) is 39.6 Å². The van der Waals surface area contributed by atoms with E-state index in [0.29, 0.717) is 0 Å². The number of hydrogen-bond donors (Lipinski definition) is 2. The molecule has 5 nitrogen and oxygen atoms in total. The predicted octanol–water partition coefficient (Wildman–Crippen LogP) is 1.91. The summed E-state index contributed by atoms with van der Waals surface area (Å²) in [6, 6.07) is 0. The number of nitrogens with zero attached hydrogens (tertiary/aromatic N) is 2. The molecule has 2 aliphatic carbocycles. The van der Waals surface area contributed by atoms with E-state index in [-0.39, 0.29) is 23.7 Å². The topological polar surface area (TPSA) is 75.0 Å². The van der Waals surface area contributed by atoms with E-state index in [2.05, 4.69) is 10.2 Å². The number of likely N-dealkylation sites (tertiary alicyclic amines) is 1. The van der Waals surface area contributed by atoms with Gasteiger partial charge in [0.15, 0.2) is 0 Å². The Balaban J connectivity index is 0.00000144. The zero-order chi connectivity index (χ0) is 14.5. The summed E-state index contributed by atoms with van der Waals surface area (Å²) in [5, 5.41) is 7.40. The van der Waals surface area contributed by atoms with Crippen molar-refractivity contribution in [2.24, 2.45) is 5.73 Å². The van der Waals surface area contributed by atoms with Gasteiger partial charge in [-0.2, -0.15) is 5.10 Å². The Bertz CT molecular complexity index is 566. The number of piperidine rings is 1. The molecule has 1 atom stereocenters. The molecule has 0 aromatic carbocycles. The molecule has 0 bridgehead atoms. The van der Waals surface area contributed by atoms with Crippen molar-refractivity contribution in [1.29, 1.82) is 0 Å². The Hall–Kier alpha value is -1.07. The molecule has 1 saturated carbocycles. The molecule has 122 valence electrons. The fourth-order valence-corrected chi connectivity index (χ4v) is 4.71. The third-order valence-corrected chi connectivity index (χ3v) is 5.91. The Morgan fingerprint density at radius 3 is 2.77 bits per heavy atom. The van der Waals surface area contributed by atoms with Gasteiger partial charge in [0.25, 0.3) is 0 Å². The lowest BCUT2D eigenvalue weighted by molar-refractivity contribution is -0.139. The normalized spacial score (nSPS) is 29.4. The number of amides is 1. The third kappa shape index (κ3) is 2.26. The number of nitrogens with one attached hydrogen (secondary N) is 1. The van der Waals surface area contributed by atoms with E-state index in [1.54, 1.807) is 0 Å². The minimum atomic E-state index is -0.589. The summed E-state index contributed by atoms with van der Waals surface area (Å²) in [6.45, 7) is 1.68. The van der Waals surface area contributed by atoms with Crippen LogP contribution in [0.1, 0.15) is 56.2 Å². The molecular formula is C16H25ClN4O. The average Bonchev–Trinajstić information content (AvgIpc) is 3.19. The Morgan fingerprint density at radius 1 is 1.23 bits per heavy atom. The molecule has 1 aromatic rings. The maximum Gasteiger partial charge on any atom is 0.242 e. The second-order valence-electron chi connectivity index (χ2n) is 7.24. The van der Waals surface area contributed by atoms with Crippen molar-refractivity contribution in [3.05, 3.63) is 17.5 Å². The van der Waals surface area contributed by atoms with Crippen LogP contribution in [0.25, 0.3) is 0 Å². The van der Waals surface area contributed by atoms with Crippen LogP contribution in [0.5, 0.6) is 0 Å². The van der Waals surface area contributed by atoms with Crippen LogP contribution < -0.4 is 5.73 Å². The van der Waals surface area contributed by atoms with Crippen LogP contribution in [0.3, 0.4) is 0 Å². The Kier molecular flexibility index (Phi) is 3.98. The van der Waals surface area contributed by atoms with Crippen LogP contribution in [0.2, 0.25) is 0 Å². The van der Waals surface area contributed by atoms with Gasteiger partial charge < -0.3 is 10.6 Å². The highest BCUT2D eigenvalue weighted by molar-refractivity contribution is 5.86. The first-order chi connectivity index (χ1) is 10.1. The van der Waals surface area contributed by atoms with Gasteiger partial charge in [0.1, 0.15) is 0 Å². The highest BCUT2D eigenvalue weighted by Gasteiger charge is 2.47. The van der Waals surface area contributed by atoms with E-state index in [1.165, 1.54) is 11.3 Å². The first kappa shape index (κ1) is 15.8. The fraction of sp³-hybridized carbons (Fsp3) is 0.750. The molecule has 1 spiro atoms. The van der Waals surface area contributed by atoms with Gasteiger partial charge in [0.2, 0.25) is 5.91 Å². The molecule has 2 heterocycles. The summed E-state index contributed by atoms with van der Waals surface area (Å²) in [5.41, 5.74) is 8.52. The number of rotatable bonds is 1. The molecule has 1 saturated heterocycles. The number of nitrogens with two attached hydrogens (primary N) is 1. The number of hydrogen-bond acceptors (Lipinski definition) is 3. The maximum absolute atomic E-state index is 12.9. The summed E-state index contributed by atoms with van der Waals surface area (Å²) in [4.78, 5) is 14.9. The van der Waals surface area contributed by atoms with Crippen molar-refractivity contribution in [2.45, 2.75) is 62.3 Å². The van der Waals surface area contributed by atoms with Gasteiger partial charge >= 0.3 is 0 Å². The van der Waals surface area contributed by atoms with E-state index >= 15 is 0 Å². The first-order valence-corrected chi connectivity index (χ1v) is 8.24. The lowest BCUT2D eigenvalue weighted by Crippen LogP contribution is -2.58. The van der Waals surface area contributed by atoms with E-state index < -0.39 is 5.54 Å². The molecule has 2 fully saturated rings. The second-order valence-corrected chi connectivity index (χ2v) is 7.24. The number of carbonyl (C=O) groups is 1. The molecule has 1 unspecified atom stereocenters. The number of H-pyrrole nitrogens is 1. The average molecular weight is 325 g/mol. The summed E-state index contributed by atoms with van der Waals surface area (Å²) < 4.78 is 0. The monoisotopic (exact) mass is 324 g/mol. The van der Waals surface area contributed by atoms with Crippen LogP contribution in [-0.2, 0) is 16.6 Å².